The molecular weight excluding hydrogens is 586 g/mol. The van der Waals surface area contributed by atoms with Crippen molar-refractivity contribution in [2.45, 2.75) is 57.8 Å². The lowest BCUT2D eigenvalue weighted by Gasteiger charge is -2.33. The van der Waals surface area contributed by atoms with E-state index < -0.39 is 29.3 Å². The molecule has 0 aliphatic carbocycles. The molecule has 1 aliphatic heterocycles. The van der Waals surface area contributed by atoms with Crippen LogP contribution < -0.4 is 11.1 Å². The molecule has 0 spiro atoms. The van der Waals surface area contributed by atoms with Crippen LogP contribution in [-0.2, 0) is 35.3 Å². The predicted molar refractivity (Wildman–Crippen MR) is 171 cm³/mol. The number of Topliss-reactive ketones (excluding diaryl/α,β-unsaturated/α-hetero) is 1. The molecule has 1 aliphatic rings. The first-order chi connectivity index (χ1) is 22.1. The van der Waals surface area contributed by atoms with Crippen molar-refractivity contribution in [3.63, 3.8) is 0 Å². The number of nitrogens with one attached hydrogen (secondary N) is 1. The number of carbonyl (C=O) groups is 4. The maximum Gasteiger partial charge on any atom is 0.309 e. The van der Waals surface area contributed by atoms with E-state index in [2.05, 4.69) is 22.1 Å². The maximum atomic E-state index is 13.9. The Bertz CT molecular complexity index is 1550. The number of amides is 2. The second kappa shape index (κ2) is 16.0. The highest BCUT2D eigenvalue weighted by Crippen LogP contribution is 2.26. The van der Waals surface area contributed by atoms with Crippen LogP contribution >= 0.6 is 0 Å². The molecule has 11 nitrogen and oxygen atoms in total. The van der Waals surface area contributed by atoms with Crippen LogP contribution in [0.4, 0.5) is 0 Å². The van der Waals surface area contributed by atoms with Crippen molar-refractivity contribution in [2.75, 3.05) is 26.3 Å². The number of aromatic nitrogens is 2. The molecule has 11 heteroatoms. The number of piperidine rings is 1. The van der Waals surface area contributed by atoms with Gasteiger partial charge in [-0.1, -0.05) is 60.7 Å². The average molecular weight is 628 g/mol. The van der Waals surface area contributed by atoms with Crippen molar-refractivity contribution in [1.29, 1.82) is 0 Å². The Balaban J connectivity index is 1.49. The summed E-state index contributed by atoms with van der Waals surface area (Å²) >= 11 is 0. The van der Waals surface area contributed by atoms with Crippen molar-refractivity contribution in [3.05, 3.63) is 90.0 Å². The summed E-state index contributed by atoms with van der Waals surface area (Å²) in [5, 5.41) is 2.65. The molecule has 3 N–H and O–H groups in total. The number of nitrogens with zero attached hydrogens (tertiary/aromatic N) is 3. The van der Waals surface area contributed by atoms with Gasteiger partial charge in [-0.3, -0.25) is 19.2 Å². The van der Waals surface area contributed by atoms with Gasteiger partial charge in [0.1, 0.15) is 17.8 Å². The van der Waals surface area contributed by atoms with Gasteiger partial charge >= 0.3 is 5.97 Å². The van der Waals surface area contributed by atoms with E-state index in [0.29, 0.717) is 32.5 Å². The minimum absolute atomic E-state index is 0.101. The SMILES string of the molecule is CCOC(=O)C1CCN(C(=O)C(c2ccccc2)n2cnc(C#CC(=O)[C@@H](COCc3ccccc3)NC(=O)C(C)(C)N)c2)CC1. The highest BCUT2D eigenvalue weighted by molar-refractivity contribution is 6.02. The third-order valence-electron chi connectivity index (χ3n) is 7.59. The molecule has 4 rings (SSSR count). The van der Waals surface area contributed by atoms with Crippen LogP contribution in [0, 0.1) is 17.8 Å². The zero-order chi connectivity index (χ0) is 33.1. The zero-order valence-electron chi connectivity index (χ0n) is 26.5. The largest absolute Gasteiger partial charge is 0.466 e. The van der Waals surface area contributed by atoms with E-state index in [-0.39, 0.29) is 36.7 Å². The summed E-state index contributed by atoms with van der Waals surface area (Å²) in [6.07, 6.45) is 4.18. The quantitative estimate of drug-likeness (QED) is 0.230. The summed E-state index contributed by atoms with van der Waals surface area (Å²) in [7, 11) is 0. The third-order valence-corrected chi connectivity index (χ3v) is 7.59. The van der Waals surface area contributed by atoms with E-state index in [1.54, 1.807) is 36.4 Å². The number of rotatable bonds is 12. The summed E-state index contributed by atoms with van der Waals surface area (Å²) in [4.78, 5) is 57.9. The van der Waals surface area contributed by atoms with Crippen LogP contribution in [0.25, 0.3) is 0 Å². The van der Waals surface area contributed by atoms with Gasteiger partial charge in [0.05, 0.1) is 37.6 Å². The molecule has 0 saturated carbocycles. The van der Waals surface area contributed by atoms with Gasteiger partial charge in [0, 0.05) is 19.3 Å². The Hall–Kier alpha value is -4.79. The fraction of sp³-hybridized carbons (Fsp3) is 0.400. The van der Waals surface area contributed by atoms with Crippen molar-refractivity contribution in [3.8, 4) is 11.8 Å². The topological polar surface area (TPSA) is 146 Å². The van der Waals surface area contributed by atoms with E-state index in [9.17, 15) is 19.2 Å². The second-order valence-electron chi connectivity index (χ2n) is 11.7. The molecule has 242 valence electrons. The Morgan fingerprint density at radius 2 is 1.70 bits per heavy atom. The monoisotopic (exact) mass is 627 g/mol. The van der Waals surface area contributed by atoms with Gasteiger partial charge in [0.25, 0.3) is 0 Å². The van der Waals surface area contributed by atoms with Crippen LogP contribution in [0.5, 0.6) is 0 Å². The number of hydrogen-bond acceptors (Lipinski definition) is 8. The fourth-order valence-electron chi connectivity index (χ4n) is 5.00. The van der Waals surface area contributed by atoms with Crippen molar-refractivity contribution in [1.82, 2.24) is 19.8 Å². The van der Waals surface area contributed by atoms with Gasteiger partial charge in [-0.2, -0.15) is 0 Å². The number of imidazole rings is 1. The van der Waals surface area contributed by atoms with E-state index in [1.165, 1.54) is 6.33 Å². The first kappa shape index (κ1) is 34.1. The van der Waals surface area contributed by atoms with Crippen molar-refractivity contribution >= 4 is 23.6 Å². The minimum atomic E-state index is -1.21. The summed E-state index contributed by atoms with van der Waals surface area (Å²) in [5.74, 6) is 3.68. The average Bonchev–Trinajstić information content (AvgIpc) is 3.52. The maximum absolute atomic E-state index is 13.9. The molecule has 1 aromatic heterocycles. The summed E-state index contributed by atoms with van der Waals surface area (Å²) in [5.41, 5.74) is 6.68. The molecule has 2 heterocycles. The molecule has 3 aromatic rings. The molecule has 2 aromatic carbocycles. The van der Waals surface area contributed by atoms with E-state index >= 15 is 0 Å². The Morgan fingerprint density at radius 1 is 1.04 bits per heavy atom. The fourth-order valence-corrected chi connectivity index (χ4v) is 5.00. The predicted octanol–water partition coefficient (Wildman–Crippen LogP) is 2.63. The molecule has 1 saturated heterocycles. The second-order valence-corrected chi connectivity index (χ2v) is 11.7. The van der Waals surface area contributed by atoms with Gasteiger partial charge in [0.2, 0.25) is 17.6 Å². The third kappa shape index (κ3) is 9.36. The zero-order valence-corrected chi connectivity index (χ0v) is 26.5. The first-order valence-electron chi connectivity index (χ1n) is 15.4. The first-order valence-corrected chi connectivity index (χ1v) is 15.4. The minimum Gasteiger partial charge on any atom is -0.466 e. The van der Waals surface area contributed by atoms with Gasteiger partial charge in [-0.05, 0) is 56.6 Å². The Morgan fingerprint density at radius 3 is 2.33 bits per heavy atom. The van der Waals surface area contributed by atoms with E-state index in [1.807, 2.05) is 60.7 Å². The normalized spacial score (nSPS) is 14.8. The number of hydrogen-bond donors (Lipinski definition) is 2. The number of ether oxygens (including phenoxy) is 2. The highest BCUT2D eigenvalue weighted by atomic mass is 16.5. The van der Waals surface area contributed by atoms with Crippen LogP contribution in [0.1, 0.15) is 56.5 Å². The van der Waals surface area contributed by atoms with Crippen molar-refractivity contribution < 1.29 is 28.7 Å². The van der Waals surface area contributed by atoms with Crippen LogP contribution in [0.3, 0.4) is 0 Å². The number of esters is 1. The standard InChI is InChI=1S/C35H41N5O6/c1-4-46-33(43)27-17-19-39(20-18-27)32(42)31(26-13-9-6-10-14-26)40-21-28(37-24-40)15-16-30(41)29(38-34(44)35(2,3)36)23-45-22-25-11-7-5-8-12-25/h5-14,21,24,27,29,31H,4,17-20,22-23,36H2,1-3H3,(H,38,44)/t29-,31?/m1/s1. The smallest absolute Gasteiger partial charge is 0.309 e. The number of nitrogens with two attached hydrogens (primary N) is 1. The van der Waals surface area contributed by atoms with Crippen LogP contribution in [-0.4, -0.2) is 75.9 Å². The van der Waals surface area contributed by atoms with Gasteiger partial charge in [-0.25, -0.2) is 4.98 Å². The van der Waals surface area contributed by atoms with Gasteiger partial charge in [0.15, 0.2) is 0 Å². The van der Waals surface area contributed by atoms with Gasteiger partial charge < -0.3 is 30.0 Å². The molecule has 46 heavy (non-hydrogen) atoms. The molecule has 1 fully saturated rings. The highest BCUT2D eigenvalue weighted by Gasteiger charge is 2.33. The Labute approximate surface area is 269 Å². The van der Waals surface area contributed by atoms with E-state index in [0.717, 1.165) is 11.1 Å². The Kier molecular flexibility index (Phi) is 11.8. The van der Waals surface area contributed by atoms with Gasteiger partial charge in [-0.15, -0.1) is 0 Å². The number of benzene rings is 2. The summed E-state index contributed by atoms with van der Waals surface area (Å²) in [6, 6.07) is 17.0. The molecule has 2 amide bonds. The van der Waals surface area contributed by atoms with Crippen LogP contribution in [0.2, 0.25) is 0 Å². The molecule has 2 atom stereocenters. The lowest BCUT2D eigenvalue weighted by atomic mass is 9.95. The summed E-state index contributed by atoms with van der Waals surface area (Å²) < 4.78 is 12.6. The summed E-state index contributed by atoms with van der Waals surface area (Å²) in [6.45, 7) is 6.20. The number of ketones is 1. The van der Waals surface area contributed by atoms with E-state index in [4.69, 9.17) is 15.2 Å². The number of likely N-dealkylation sites (tertiary alicyclic amines) is 1. The van der Waals surface area contributed by atoms with Crippen molar-refractivity contribution in [2.24, 2.45) is 11.7 Å². The molecule has 1 unspecified atom stereocenters. The molecule has 0 bridgehead atoms. The lowest BCUT2D eigenvalue weighted by molar-refractivity contribution is -0.151. The van der Waals surface area contributed by atoms with Crippen LogP contribution in [0.15, 0.2) is 73.2 Å². The lowest BCUT2D eigenvalue weighted by Crippen LogP contribution is -2.55. The number of carbonyl (C=O) groups excluding carboxylic acids is 4. The molecular formula is C35H41N5O6. The molecule has 0 radical (unpaired) electrons.